The lowest BCUT2D eigenvalue weighted by Gasteiger charge is -2.05. The van der Waals surface area contributed by atoms with E-state index in [1.165, 1.54) is 19.3 Å². The summed E-state index contributed by atoms with van der Waals surface area (Å²) >= 11 is 0. The number of H-pyrrole nitrogens is 1. The first-order valence-corrected chi connectivity index (χ1v) is 6.53. The maximum atomic E-state index is 13.4. The van der Waals surface area contributed by atoms with Crippen LogP contribution in [0.2, 0.25) is 0 Å². The number of benzene rings is 1. The molecule has 0 radical (unpaired) electrons. The Labute approximate surface area is 125 Å². The Morgan fingerprint density at radius 2 is 2.18 bits per heavy atom. The molecule has 0 fully saturated rings. The maximum Gasteiger partial charge on any atom is 0.267 e. The van der Waals surface area contributed by atoms with Gasteiger partial charge in [-0.3, -0.25) is 4.79 Å². The van der Waals surface area contributed by atoms with Crippen LogP contribution in [-0.2, 0) is 0 Å². The van der Waals surface area contributed by atoms with Crippen molar-refractivity contribution < 1.29 is 9.18 Å². The number of nitrogens with zero attached hydrogens (tertiary/aromatic N) is 2. The van der Waals surface area contributed by atoms with Gasteiger partial charge in [0.25, 0.3) is 5.91 Å². The Kier molecular flexibility index (Phi) is 3.31. The molecule has 0 saturated heterocycles. The maximum absolute atomic E-state index is 13.4. The van der Waals surface area contributed by atoms with Gasteiger partial charge in [0.1, 0.15) is 5.69 Å². The zero-order valence-electron chi connectivity index (χ0n) is 11.6. The molecular weight excluding hydrogens is 283 g/mol. The predicted octanol–water partition coefficient (Wildman–Crippen LogP) is 2.60. The number of nitriles is 1. The van der Waals surface area contributed by atoms with Gasteiger partial charge in [-0.05, 0) is 29.8 Å². The molecule has 3 aromatic rings. The van der Waals surface area contributed by atoms with E-state index in [9.17, 15) is 9.18 Å². The highest BCUT2D eigenvalue weighted by Crippen LogP contribution is 2.30. The minimum Gasteiger partial charge on any atom is -0.354 e. The lowest BCUT2D eigenvalue weighted by molar-refractivity contribution is 0.0959. The molecule has 2 heterocycles. The minimum absolute atomic E-state index is 0.262. The van der Waals surface area contributed by atoms with E-state index in [0.29, 0.717) is 33.3 Å². The van der Waals surface area contributed by atoms with E-state index in [4.69, 9.17) is 5.26 Å². The van der Waals surface area contributed by atoms with Crippen LogP contribution < -0.4 is 5.32 Å². The van der Waals surface area contributed by atoms with Crippen molar-refractivity contribution in [2.24, 2.45) is 0 Å². The summed E-state index contributed by atoms with van der Waals surface area (Å²) in [4.78, 5) is 18.3. The first-order valence-electron chi connectivity index (χ1n) is 6.53. The van der Waals surface area contributed by atoms with Gasteiger partial charge in [-0.15, -0.1) is 0 Å². The van der Waals surface area contributed by atoms with E-state index in [2.05, 4.69) is 21.4 Å². The number of aromatic nitrogens is 2. The molecule has 0 saturated carbocycles. The molecule has 2 aromatic heterocycles. The largest absolute Gasteiger partial charge is 0.354 e. The number of amides is 1. The van der Waals surface area contributed by atoms with Crippen LogP contribution >= 0.6 is 0 Å². The second-order valence-corrected chi connectivity index (χ2v) is 4.73. The van der Waals surface area contributed by atoms with Crippen LogP contribution in [0.15, 0.2) is 36.5 Å². The van der Waals surface area contributed by atoms with Gasteiger partial charge in [-0.25, -0.2) is 4.98 Å². The predicted molar refractivity (Wildman–Crippen MR) is 79.6 cm³/mol. The second kappa shape index (κ2) is 5.30. The van der Waals surface area contributed by atoms with Crippen molar-refractivity contribution in [3.05, 3.63) is 53.7 Å². The Morgan fingerprint density at radius 1 is 1.36 bits per heavy atom. The average molecular weight is 294 g/mol. The molecule has 5 nitrogen and oxygen atoms in total. The van der Waals surface area contributed by atoms with Crippen LogP contribution in [0.3, 0.4) is 0 Å². The molecule has 0 spiro atoms. The smallest absolute Gasteiger partial charge is 0.267 e. The third-order valence-electron chi connectivity index (χ3n) is 3.37. The third kappa shape index (κ3) is 2.29. The molecule has 1 amide bonds. The van der Waals surface area contributed by atoms with Gasteiger partial charge in [0.05, 0.1) is 17.1 Å². The molecular formula is C16H11FN4O. The molecule has 0 unspecified atom stereocenters. The Hall–Kier alpha value is -3.20. The first-order chi connectivity index (χ1) is 10.6. The number of halogens is 1. The average Bonchev–Trinajstić information content (AvgIpc) is 2.97. The van der Waals surface area contributed by atoms with E-state index < -0.39 is 5.95 Å². The van der Waals surface area contributed by atoms with Crippen LogP contribution in [0.4, 0.5) is 4.39 Å². The topological polar surface area (TPSA) is 81.6 Å². The van der Waals surface area contributed by atoms with Crippen molar-refractivity contribution in [2.75, 3.05) is 7.05 Å². The number of hydrogen-bond acceptors (Lipinski definition) is 3. The highest BCUT2D eigenvalue weighted by atomic mass is 19.1. The molecule has 0 aliphatic heterocycles. The van der Waals surface area contributed by atoms with Gasteiger partial charge in [0, 0.05) is 30.3 Å². The summed E-state index contributed by atoms with van der Waals surface area (Å²) in [6.07, 6.45) is 1.36. The summed E-state index contributed by atoms with van der Waals surface area (Å²) in [5.41, 5.74) is 2.71. The quantitative estimate of drug-likeness (QED) is 0.713. The number of fused-ring (bicyclic) bond motifs is 1. The van der Waals surface area contributed by atoms with Gasteiger partial charge in [-0.2, -0.15) is 9.65 Å². The molecule has 2 N–H and O–H groups in total. The number of aromatic amines is 1. The summed E-state index contributed by atoms with van der Waals surface area (Å²) in [6, 6.07) is 10.0. The van der Waals surface area contributed by atoms with Crippen molar-refractivity contribution in [3.63, 3.8) is 0 Å². The SMILES string of the molecule is CNC(=O)c1cc2cc(C#N)cc(-c3ccnc(F)c3)c2[nH]1. The molecule has 0 atom stereocenters. The molecule has 0 aliphatic carbocycles. The van der Waals surface area contributed by atoms with Crippen molar-refractivity contribution in [1.29, 1.82) is 5.26 Å². The summed E-state index contributed by atoms with van der Waals surface area (Å²) < 4.78 is 13.4. The third-order valence-corrected chi connectivity index (χ3v) is 3.37. The molecule has 3 rings (SSSR count). The van der Waals surface area contributed by atoms with Crippen LogP contribution in [0.1, 0.15) is 16.1 Å². The Balaban J connectivity index is 2.30. The van der Waals surface area contributed by atoms with Crippen molar-refractivity contribution in [3.8, 4) is 17.2 Å². The highest BCUT2D eigenvalue weighted by molar-refractivity contribution is 6.02. The zero-order chi connectivity index (χ0) is 15.7. The van der Waals surface area contributed by atoms with E-state index >= 15 is 0 Å². The molecule has 108 valence electrons. The van der Waals surface area contributed by atoms with E-state index in [0.717, 1.165) is 0 Å². The lowest BCUT2D eigenvalue weighted by Crippen LogP contribution is -2.17. The molecule has 1 aromatic carbocycles. The van der Waals surface area contributed by atoms with Gasteiger partial charge in [0.2, 0.25) is 5.95 Å². The fourth-order valence-corrected chi connectivity index (χ4v) is 2.36. The fraction of sp³-hybridized carbons (Fsp3) is 0.0625. The number of pyridine rings is 1. The Bertz CT molecular complexity index is 924. The van der Waals surface area contributed by atoms with Crippen molar-refractivity contribution in [1.82, 2.24) is 15.3 Å². The van der Waals surface area contributed by atoms with Gasteiger partial charge in [-0.1, -0.05) is 0 Å². The molecule has 6 heteroatoms. The van der Waals surface area contributed by atoms with Crippen molar-refractivity contribution >= 4 is 16.8 Å². The number of hydrogen-bond donors (Lipinski definition) is 2. The molecule has 22 heavy (non-hydrogen) atoms. The normalized spacial score (nSPS) is 10.4. The van der Waals surface area contributed by atoms with E-state index in [-0.39, 0.29) is 5.91 Å². The van der Waals surface area contributed by atoms with Crippen molar-refractivity contribution in [2.45, 2.75) is 0 Å². The Morgan fingerprint density at radius 3 is 2.86 bits per heavy atom. The standard InChI is InChI=1S/C16H11FN4O/c1-19-16(22)13-6-11-4-9(8-18)5-12(15(11)21-13)10-2-3-20-14(17)7-10/h2-7,21H,1H3,(H,19,22). The van der Waals surface area contributed by atoms with Crippen LogP contribution in [0.5, 0.6) is 0 Å². The number of carbonyl (C=O) groups is 1. The van der Waals surface area contributed by atoms with Gasteiger partial charge < -0.3 is 10.3 Å². The van der Waals surface area contributed by atoms with Gasteiger partial charge >= 0.3 is 0 Å². The van der Waals surface area contributed by atoms with Gasteiger partial charge in [0.15, 0.2) is 0 Å². The molecule has 0 aliphatic rings. The zero-order valence-corrected chi connectivity index (χ0v) is 11.6. The van der Waals surface area contributed by atoms with Crippen LogP contribution in [0.25, 0.3) is 22.0 Å². The monoisotopic (exact) mass is 294 g/mol. The van der Waals surface area contributed by atoms with E-state index in [1.54, 1.807) is 24.3 Å². The molecule has 0 bridgehead atoms. The number of nitrogens with one attached hydrogen (secondary N) is 2. The number of carbonyl (C=O) groups excluding carboxylic acids is 1. The second-order valence-electron chi connectivity index (χ2n) is 4.73. The van der Waals surface area contributed by atoms with E-state index in [1.807, 2.05) is 0 Å². The summed E-state index contributed by atoms with van der Waals surface area (Å²) in [5.74, 6) is -0.868. The minimum atomic E-state index is -0.605. The van der Waals surface area contributed by atoms with Crippen LogP contribution in [-0.4, -0.2) is 22.9 Å². The summed E-state index contributed by atoms with van der Waals surface area (Å²) in [5, 5.41) is 12.4. The fourth-order valence-electron chi connectivity index (χ4n) is 2.36. The highest BCUT2D eigenvalue weighted by Gasteiger charge is 2.13. The summed E-state index contributed by atoms with van der Waals surface area (Å²) in [6.45, 7) is 0. The number of rotatable bonds is 2. The summed E-state index contributed by atoms with van der Waals surface area (Å²) in [7, 11) is 1.54. The van der Waals surface area contributed by atoms with Crippen LogP contribution in [0, 0.1) is 17.3 Å². The first kappa shape index (κ1) is 13.8. The lowest BCUT2D eigenvalue weighted by atomic mass is 10.0.